The maximum absolute atomic E-state index is 5.63. The minimum absolute atomic E-state index is 0.204. The van der Waals surface area contributed by atoms with E-state index >= 15 is 0 Å². The van der Waals surface area contributed by atoms with E-state index in [1.165, 1.54) is 0 Å². The topological polar surface area (TPSA) is 39.1 Å². The molecule has 4 heteroatoms. The molecule has 4 nitrogen and oxygen atoms in total. The average molecular weight is 273 g/mol. The summed E-state index contributed by atoms with van der Waals surface area (Å²) in [6.45, 7) is 7.97. The van der Waals surface area contributed by atoms with E-state index < -0.39 is 0 Å². The number of benzene rings is 1. The standard InChI is InChI=1S/C16H23N3O/c1-4-10-19-11-9-17-16(19)12-18-14-5-7-15(8-6-14)20-13(2)3/h5-9,11,13,18H,4,10,12H2,1-3H3. The fourth-order valence-corrected chi connectivity index (χ4v) is 2.06. The highest BCUT2D eigenvalue weighted by Gasteiger charge is 2.02. The second-order valence-electron chi connectivity index (χ2n) is 5.08. The zero-order valence-corrected chi connectivity index (χ0v) is 12.5. The Kier molecular flexibility index (Phi) is 5.04. The van der Waals surface area contributed by atoms with Crippen molar-refractivity contribution in [1.82, 2.24) is 9.55 Å². The van der Waals surface area contributed by atoms with E-state index in [1.54, 1.807) is 0 Å². The van der Waals surface area contributed by atoms with Gasteiger partial charge in [-0.2, -0.15) is 0 Å². The summed E-state index contributed by atoms with van der Waals surface area (Å²) < 4.78 is 7.81. The van der Waals surface area contributed by atoms with Gasteiger partial charge in [-0.05, 0) is 44.5 Å². The Balaban J connectivity index is 1.92. The lowest BCUT2D eigenvalue weighted by Gasteiger charge is -2.11. The van der Waals surface area contributed by atoms with Crippen molar-refractivity contribution in [3.63, 3.8) is 0 Å². The molecule has 1 aromatic heterocycles. The molecule has 20 heavy (non-hydrogen) atoms. The number of aromatic nitrogens is 2. The summed E-state index contributed by atoms with van der Waals surface area (Å²) in [5.41, 5.74) is 1.08. The van der Waals surface area contributed by atoms with Crippen LogP contribution in [0.2, 0.25) is 0 Å². The number of nitrogens with one attached hydrogen (secondary N) is 1. The van der Waals surface area contributed by atoms with Gasteiger partial charge in [-0.1, -0.05) is 6.92 Å². The summed E-state index contributed by atoms with van der Waals surface area (Å²) in [7, 11) is 0. The summed E-state index contributed by atoms with van der Waals surface area (Å²) in [6, 6.07) is 8.04. The molecule has 0 bridgehead atoms. The molecule has 0 aliphatic carbocycles. The monoisotopic (exact) mass is 273 g/mol. The van der Waals surface area contributed by atoms with Crippen molar-refractivity contribution in [2.75, 3.05) is 5.32 Å². The number of hydrogen-bond acceptors (Lipinski definition) is 3. The van der Waals surface area contributed by atoms with Crippen LogP contribution in [0.3, 0.4) is 0 Å². The van der Waals surface area contributed by atoms with E-state index in [1.807, 2.05) is 50.5 Å². The summed E-state index contributed by atoms with van der Waals surface area (Å²) in [6.07, 6.45) is 5.20. The van der Waals surface area contributed by atoms with Gasteiger partial charge in [-0.3, -0.25) is 0 Å². The molecule has 0 atom stereocenters. The normalized spacial score (nSPS) is 10.8. The van der Waals surface area contributed by atoms with E-state index in [9.17, 15) is 0 Å². The molecule has 0 aliphatic rings. The average Bonchev–Trinajstić information content (AvgIpc) is 2.85. The van der Waals surface area contributed by atoms with Gasteiger partial charge in [0.1, 0.15) is 11.6 Å². The molecule has 0 unspecified atom stereocenters. The third kappa shape index (κ3) is 4.02. The Bertz CT molecular complexity index is 517. The summed E-state index contributed by atoms with van der Waals surface area (Å²) in [5.74, 6) is 1.97. The summed E-state index contributed by atoms with van der Waals surface area (Å²) in [5, 5.41) is 3.39. The van der Waals surface area contributed by atoms with Crippen LogP contribution >= 0.6 is 0 Å². The Labute approximate surface area is 120 Å². The first-order valence-corrected chi connectivity index (χ1v) is 7.19. The first kappa shape index (κ1) is 14.4. The molecule has 108 valence electrons. The third-order valence-electron chi connectivity index (χ3n) is 2.94. The predicted molar refractivity (Wildman–Crippen MR) is 82.1 cm³/mol. The number of rotatable bonds is 7. The quantitative estimate of drug-likeness (QED) is 0.836. The molecule has 0 fully saturated rings. The zero-order valence-electron chi connectivity index (χ0n) is 12.5. The fourth-order valence-electron chi connectivity index (χ4n) is 2.06. The summed E-state index contributed by atoms with van der Waals surface area (Å²) >= 11 is 0. The first-order valence-electron chi connectivity index (χ1n) is 7.19. The van der Waals surface area contributed by atoms with Crippen LogP contribution in [0.15, 0.2) is 36.7 Å². The van der Waals surface area contributed by atoms with Gasteiger partial charge in [0, 0.05) is 24.6 Å². The molecule has 1 N–H and O–H groups in total. The molecule has 0 spiro atoms. The van der Waals surface area contributed by atoms with E-state index in [2.05, 4.69) is 21.8 Å². The smallest absolute Gasteiger partial charge is 0.128 e. The maximum Gasteiger partial charge on any atom is 0.128 e. The van der Waals surface area contributed by atoms with Crippen molar-refractivity contribution >= 4 is 5.69 Å². The van der Waals surface area contributed by atoms with Crippen molar-refractivity contribution in [3.05, 3.63) is 42.5 Å². The Morgan fingerprint density at radius 2 is 2.00 bits per heavy atom. The van der Waals surface area contributed by atoms with Crippen molar-refractivity contribution in [2.45, 2.75) is 46.4 Å². The van der Waals surface area contributed by atoms with Crippen molar-refractivity contribution in [3.8, 4) is 5.75 Å². The lowest BCUT2D eigenvalue weighted by atomic mass is 10.3. The van der Waals surface area contributed by atoms with Gasteiger partial charge in [-0.25, -0.2) is 4.98 Å². The van der Waals surface area contributed by atoms with Gasteiger partial charge in [0.2, 0.25) is 0 Å². The van der Waals surface area contributed by atoms with Crippen LogP contribution in [0.1, 0.15) is 33.0 Å². The van der Waals surface area contributed by atoms with Crippen LogP contribution in [0.5, 0.6) is 5.75 Å². The number of ether oxygens (including phenoxy) is 1. The molecular formula is C16H23N3O. The van der Waals surface area contributed by atoms with Gasteiger partial charge in [0.25, 0.3) is 0 Å². The number of aryl methyl sites for hydroxylation is 1. The highest BCUT2D eigenvalue weighted by molar-refractivity contribution is 5.46. The van der Waals surface area contributed by atoms with Crippen molar-refractivity contribution in [1.29, 1.82) is 0 Å². The van der Waals surface area contributed by atoms with Crippen LogP contribution in [0, 0.1) is 0 Å². The molecule has 0 amide bonds. The van der Waals surface area contributed by atoms with Gasteiger partial charge >= 0.3 is 0 Å². The molecule has 2 rings (SSSR count). The Hall–Kier alpha value is -1.97. The van der Waals surface area contributed by atoms with Gasteiger partial charge in [0.05, 0.1) is 12.6 Å². The molecule has 0 saturated heterocycles. The number of hydrogen-bond donors (Lipinski definition) is 1. The van der Waals surface area contributed by atoms with Crippen LogP contribution in [-0.2, 0) is 13.1 Å². The number of anilines is 1. The highest BCUT2D eigenvalue weighted by atomic mass is 16.5. The molecular weight excluding hydrogens is 250 g/mol. The minimum atomic E-state index is 0.204. The lowest BCUT2D eigenvalue weighted by molar-refractivity contribution is 0.242. The Morgan fingerprint density at radius 3 is 2.65 bits per heavy atom. The SMILES string of the molecule is CCCn1ccnc1CNc1ccc(OC(C)C)cc1. The highest BCUT2D eigenvalue weighted by Crippen LogP contribution is 2.17. The third-order valence-corrected chi connectivity index (χ3v) is 2.94. The molecule has 1 heterocycles. The fraction of sp³-hybridized carbons (Fsp3) is 0.438. The van der Waals surface area contributed by atoms with Gasteiger partial charge in [0.15, 0.2) is 0 Å². The molecule has 0 radical (unpaired) electrons. The second kappa shape index (κ2) is 6.98. The van der Waals surface area contributed by atoms with Crippen molar-refractivity contribution < 1.29 is 4.74 Å². The zero-order chi connectivity index (χ0) is 14.4. The number of imidazole rings is 1. The first-order chi connectivity index (χ1) is 9.69. The number of nitrogens with zero attached hydrogens (tertiary/aromatic N) is 2. The van der Waals surface area contributed by atoms with E-state index in [0.717, 1.165) is 36.8 Å². The van der Waals surface area contributed by atoms with E-state index in [0.29, 0.717) is 0 Å². The molecule has 1 aromatic carbocycles. The van der Waals surface area contributed by atoms with E-state index in [4.69, 9.17) is 4.74 Å². The molecule has 0 aliphatic heterocycles. The van der Waals surface area contributed by atoms with Crippen LogP contribution in [-0.4, -0.2) is 15.7 Å². The minimum Gasteiger partial charge on any atom is -0.491 e. The Morgan fingerprint density at radius 1 is 1.25 bits per heavy atom. The van der Waals surface area contributed by atoms with Crippen molar-refractivity contribution in [2.24, 2.45) is 0 Å². The second-order valence-corrected chi connectivity index (χ2v) is 5.08. The predicted octanol–water partition coefficient (Wildman–Crippen LogP) is 3.69. The molecule has 0 saturated carbocycles. The van der Waals surface area contributed by atoms with Gasteiger partial charge < -0.3 is 14.6 Å². The summed E-state index contributed by atoms with van der Waals surface area (Å²) in [4.78, 5) is 4.38. The van der Waals surface area contributed by atoms with E-state index in [-0.39, 0.29) is 6.10 Å². The lowest BCUT2D eigenvalue weighted by Crippen LogP contribution is -2.08. The largest absolute Gasteiger partial charge is 0.491 e. The van der Waals surface area contributed by atoms with Crippen LogP contribution < -0.4 is 10.1 Å². The van der Waals surface area contributed by atoms with Crippen LogP contribution in [0.4, 0.5) is 5.69 Å². The van der Waals surface area contributed by atoms with Gasteiger partial charge in [-0.15, -0.1) is 0 Å². The maximum atomic E-state index is 5.63. The molecule has 2 aromatic rings. The van der Waals surface area contributed by atoms with Crippen LogP contribution in [0.25, 0.3) is 0 Å².